The lowest BCUT2D eigenvalue weighted by Crippen LogP contribution is -2.29. The Balaban J connectivity index is 2.21. The summed E-state index contributed by atoms with van der Waals surface area (Å²) < 4.78 is 1.53. The summed E-state index contributed by atoms with van der Waals surface area (Å²) in [4.78, 5) is 25.8. The molecule has 0 bridgehead atoms. The number of carbonyl (C=O) groups is 1. The number of nitrogens with one attached hydrogen (secondary N) is 2. The highest BCUT2D eigenvalue weighted by Gasteiger charge is 2.10. The van der Waals surface area contributed by atoms with Crippen molar-refractivity contribution in [2.24, 2.45) is 0 Å². The van der Waals surface area contributed by atoms with Gasteiger partial charge in [-0.25, -0.2) is 4.68 Å². The fourth-order valence-electron chi connectivity index (χ4n) is 1.48. The molecule has 112 valence electrons. The molecule has 0 aliphatic rings. The van der Waals surface area contributed by atoms with Crippen LogP contribution in [0.4, 0.5) is 11.9 Å². The van der Waals surface area contributed by atoms with Gasteiger partial charge in [0.15, 0.2) is 0 Å². The minimum absolute atomic E-state index is 0.0685. The minimum atomic E-state index is -0.0685. The molecule has 0 atom stereocenters. The topological polar surface area (TPSA) is 101 Å². The largest absolute Gasteiger partial charge is 0.354 e. The van der Waals surface area contributed by atoms with Crippen molar-refractivity contribution < 1.29 is 4.79 Å². The minimum Gasteiger partial charge on any atom is -0.354 e. The van der Waals surface area contributed by atoms with E-state index in [1.165, 1.54) is 9.58 Å². The van der Waals surface area contributed by atoms with Crippen LogP contribution in [0.3, 0.4) is 0 Å². The van der Waals surface area contributed by atoms with Crippen molar-refractivity contribution in [3.63, 3.8) is 0 Å². The van der Waals surface area contributed by atoms with Crippen LogP contribution < -0.4 is 10.6 Å². The molecule has 2 aromatic heterocycles. The standard InChI is InChI=1S/C12H18N8O/c1-4-13-10-16-11(14-8-9(21)19(2)3)18-12(17-10)20-7-5-6-15-20/h5-7H,4,8H2,1-3H3,(H2,13,14,16,17,18). The van der Waals surface area contributed by atoms with Crippen LogP contribution in [-0.2, 0) is 4.79 Å². The summed E-state index contributed by atoms with van der Waals surface area (Å²) in [5.74, 6) is 1.06. The number of anilines is 2. The average molecular weight is 290 g/mol. The molecule has 2 rings (SSSR count). The van der Waals surface area contributed by atoms with Gasteiger partial charge in [0, 0.05) is 33.0 Å². The van der Waals surface area contributed by atoms with Gasteiger partial charge in [0.2, 0.25) is 17.8 Å². The van der Waals surface area contributed by atoms with Crippen LogP contribution in [-0.4, -0.2) is 62.7 Å². The average Bonchev–Trinajstić information content (AvgIpc) is 2.99. The number of nitrogens with zero attached hydrogens (tertiary/aromatic N) is 6. The maximum absolute atomic E-state index is 11.6. The predicted octanol–water partition coefficient (Wildman–Crippen LogP) is -0.0108. The van der Waals surface area contributed by atoms with Gasteiger partial charge in [-0.1, -0.05) is 0 Å². The van der Waals surface area contributed by atoms with Crippen molar-refractivity contribution in [3.05, 3.63) is 18.5 Å². The van der Waals surface area contributed by atoms with Gasteiger partial charge in [-0.3, -0.25) is 4.79 Å². The highest BCUT2D eigenvalue weighted by atomic mass is 16.2. The van der Waals surface area contributed by atoms with Crippen LogP contribution >= 0.6 is 0 Å². The third-order valence-electron chi connectivity index (χ3n) is 2.56. The second-order valence-electron chi connectivity index (χ2n) is 4.41. The first-order valence-corrected chi connectivity index (χ1v) is 6.54. The number of hydrogen-bond donors (Lipinski definition) is 2. The Kier molecular flexibility index (Phi) is 4.64. The van der Waals surface area contributed by atoms with E-state index in [9.17, 15) is 4.79 Å². The first-order chi connectivity index (χ1) is 10.1. The summed E-state index contributed by atoms with van der Waals surface area (Å²) in [6.07, 6.45) is 3.37. The molecule has 9 heteroatoms. The van der Waals surface area contributed by atoms with Gasteiger partial charge in [-0.15, -0.1) is 0 Å². The second kappa shape index (κ2) is 6.64. The molecule has 9 nitrogen and oxygen atoms in total. The number of hydrogen-bond acceptors (Lipinski definition) is 7. The number of carbonyl (C=O) groups excluding carboxylic acids is 1. The SMILES string of the molecule is CCNc1nc(NCC(=O)N(C)C)nc(-n2cccn2)n1. The fourth-order valence-corrected chi connectivity index (χ4v) is 1.48. The number of aromatic nitrogens is 5. The first kappa shape index (κ1) is 14.7. The Bertz CT molecular complexity index is 595. The van der Waals surface area contributed by atoms with E-state index in [0.29, 0.717) is 24.4 Å². The van der Waals surface area contributed by atoms with Crippen LogP contribution in [0.25, 0.3) is 5.95 Å². The Labute approximate surface area is 122 Å². The summed E-state index contributed by atoms with van der Waals surface area (Å²) >= 11 is 0. The molecule has 0 radical (unpaired) electrons. The van der Waals surface area contributed by atoms with Gasteiger partial charge in [0.25, 0.3) is 5.95 Å². The molecule has 0 aromatic carbocycles. The maximum Gasteiger partial charge on any atom is 0.257 e. The van der Waals surface area contributed by atoms with E-state index in [1.807, 2.05) is 6.92 Å². The van der Waals surface area contributed by atoms with E-state index in [4.69, 9.17) is 0 Å². The van der Waals surface area contributed by atoms with E-state index in [0.717, 1.165) is 0 Å². The van der Waals surface area contributed by atoms with Gasteiger partial charge in [-0.2, -0.15) is 20.1 Å². The second-order valence-corrected chi connectivity index (χ2v) is 4.41. The number of likely N-dealkylation sites (N-methyl/N-ethyl adjacent to an activating group) is 1. The third-order valence-corrected chi connectivity index (χ3v) is 2.56. The lowest BCUT2D eigenvalue weighted by Gasteiger charge is -2.12. The summed E-state index contributed by atoms with van der Waals surface area (Å²) in [5.41, 5.74) is 0. The van der Waals surface area contributed by atoms with Crippen LogP contribution in [0.5, 0.6) is 0 Å². The Morgan fingerprint density at radius 1 is 1.24 bits per heavy atom. The molecule has 2 heterocycles. The van der Waals surface area contributed by atoms with E-state index in [2.05, 4.69) is 30.7 Å². The number of amides is 1. The van der Waals surface area contributed by atoms with Crippen molar-refractivity contribution in [1.82, 2.24) is 29.6 Å². The van der Waals surface area contributed by atoms with E-state index >= 15 is 0 Å². The summed E-state index contributed by atoms with van der Waals surface area (Å²) in [6.45, 7) is 2.74. The summed E-state index contributed by atoms with van der Waals surface area (Å²) in [7, 11) is 3.38. The van der Waals surface area contributed by atoms with Crippen LogP contribution in [0.15, 0.2) is 18.5 Å². The van der Waals surface area contributed by atoms with Crippen LogP contribution in [0, 0.1) is 0 Å². The van der Waals surface area contributed by atoms with Crippen molar-refractivity contribution >= 4 is 17.8 Å². The molecule has 0 unspecified atom stereocenters. The molecule has 0 saturated carbocycles. The van der Waals surface area contributed by atoms with Crippen molar-refractivity contribution in [2.75, 3.05) is 37.8 Å². The van der Waals surface area contributed by atoms with Gasteiger partial charge in [-0.05, 0) is 13.0 Å². The highest BCUT2D eigenvalue weighted by Crippen LogP contribution is 2.08. The number of rotatable bonds is 6. The molecular formula is C12H18N8O. The molecule has 0 aliphatic heterocycles. The molecule has 1 amide bonds. The Hall–Kier alpha value is -2.71. The summed E-state index contributed by atoms with van der Waals surface area (Å²) in [6, 6.07) is 1.78. The zero-order chi connectivity index (χ0) is 15.2. The third kappa shape index (κ3) is 3.88. The molecule has 21 heavy (non-hydrogen) atoms. The molecule has 0 fully saturated rings. The van der Waals surface area contributed by atoms with Crippen LogP contribution in [0.1, 0.15) is 6.92 Å². The predicted molar refractivity (Wildman–Crippen MR) is 78.3 cm³/mol. The van der Waals surface area contributed by atoms with Crippen molar-refractivity contribution in [1.29, 1.82) is 0 Å². The molecule has 0 aliphatic carbocycles. The van der Waals surface area contributed by atoms with E-state index in [-0.39, 0.29) is 12.5 Å². The first-order valence-electron chi connectivity index (χ1n) is 6.54. The van der Waals surface area contributed by atoms with Gasteiger partial charge in [0.1, 0.15) is 0 Å². The Morgan fingerprint density at radius 3 is 2.52 bits per heavy atom. The quantitative estimate of drug-likeness (QED) is 0.771. The molecule has 0 spiro atoms. The van der Waals surface area contributed by atoms with Crippen LogP contribution in [0.2, 0.25) is 0 Å². The normalized spacial score (nSPS) is 10.2. The lowest BCUT2D eigenvalue weighted by molar-refractivity contribution is -0.126. The maximum atomic E-state index is 11.6. The summed E-state index contributed by atoms with van der Waals surface area (Å²) in [5, 5.41) is 10.00. The van der Waals surface area contributed by atoms with E-state index < -0.39 is 0 Å². The zero-order valence-electron chi connectivity index (χ0n) is 12.2. The lowest BCUT2D eigenvalue weighted by atomic mass is 10.5. The zero-order valence-corrected chi connectivity index (χ0v) is 12.2. The van der Waals surface area contributed by atoms with Crippen molar-refractivity contribution in [2.45, 2.75) is 6.92 Å². The molecule has 2 aromatic rings. The Morgan fingerprint density at radius 2 is 1.95 bits per heavy atom. The molecule has 2 N–H and O–H groups in total. The monoisotopic (exact) mass is 290 g/mol. The van der Waals surface area contributed by atoms with Gasteiger partial charge in [0.05, 0.1) is 6.54 Å². The fraction of sp³-hybridized carbons (Fsp3) is 0.417. The molecular weight excluding hydrogens is 272 g/mol. The molecule has 0 saturated heterocycles. The van der Waals surface area contributed by atoms with Gasteiger partial charge < -0.3 is 15.5 Å². The van der Waals surface area contributed by atoms with Gasteiger partial charge >= 0.3 is 0 Å². The highest BCUT2D eigenvalue weighted by molar-refractivity contribution is 5.79. The van der Waals surface area contributed by atoms with Crippen molar-refractivity contribution in [3.8, 4) is 5.95 Å². The van der Waals surface area contributed by atoms with E-state index in [1.54, 1.807) is 32.6 Å². The smallest absolute Gasteiger partial charge is 0.257 e.